The number of carbonyl (C=O) groups is 1. The Morgan fingerprint density at radius 2 is 2.19 bits per heavy atom. The summed E-state index contributed by atoms with van der Waals surface area (Å²) < 4.78 is 29.3. The quantitative estimate of drug-likeness (QED) is 0.784. The first-order valence-corrected chi connectivity index (χ1v) is 4.15. The van der Waals surface area contributed by atoms with Crippen molar-refractivity contribution >= 4 is 5.97 Å². The predicted molar refractivity (Wildman–Crippen MR) is 49.1 cm³/mol. The standard InChI is InChI=1S/C10H7F2NO3/c1-16-10(15)7-6(9(11)12)3-2-5(4-13)8(7)14/h2-3,9,14H,1H3. The molecule has 1 aromatic rings. The number of benzene rings is 1. The summed E-state index contributed by atoms with van der Waals surface area (Å²) in [5.74, 6) is -1.89. The summed E-state index contributed by atoms with van der Waals surface area (Å²) in [5.41, 5.74) is -1.59. The molecule has 16 heavy (non-hydrogen) atoms. The van der Waals surface area contributed by atoms with E-state index in [2.05, 4.69) is 4.74 Å². The van der Waals surface area contributed by atoms with E-state index in [1.54, 1.807) is 6.07 Å². The van der Waals surface area contributed by atoms with Crippen molar-refractivity contribution < 1.29 is 23.4 Å². The summed E-state index contributed by atoms with van der Waals surface area (Å²) in [5, 5.41) is 18.0. The van der Waals surface area contributed by atoms with Gasteiger partial charge in [0.1, 0.15) is 17.4 Å². The number of ether oxygens (including phenoxy) is 1. The van der Waals surface area contributed by atoms with Gasteiger partial charge in [-0.05, 0) is 6.07 Å². The number of rotatable bonds is 2. The largest absolute Gasteiger partial charge is 0.506 e. The van der Waals surface area contributed by atoms with Gasteiger partial charge in [0.05, 0.1) is 12.7 Å². The van der Waals surface area contributed by atoms with Gasteiger partial charge in [0.15, 0.2) is 0 Å². The Bertz CT molecular complexity index is 466. The monoisotopic (exact) mass is 227 g/mol. The third-order valence-corrected chi connectivity index (χ3v) is 1.96. The maximum absolute atomic E-state index is 12.5. The minimum absolute atomic E-state index is 0.259. The Morgan fingerprint density at radius 1 is 1.56 bits per heavy atom. The summed E-state index contributed by atoms with van der Waals surface area (Å²) in [7, 11) is 0.996. The van der Waals surface area contributed by atoms with Crippen LogP contribution >= 0.6 is 0 Å². The van der Waals surface area contributed by atoms with Gasteiger partial charge >= 0.3 is 5.97 Å². The van der Waals surface area contributed by atoms with Gasteiger partial charge in [-0.15, -0.1) is 0 Å². The average Bonchev–Trinajstić information content (AvgIpc) is 2.27. The zero-order valence-electron chi connectivity index (χ0n) is 8.20. The lowest BCUT2D eigenvalue weighted by Gasteiger charge is -2.09. The van der Waals surface area contributed by atoms with Gasteiger partial charge in [0, 0.05) is 5.56 Å². The second-order valence-electron chi connectivity index (χ2n) is 2.83. The molecule has 0 aliphatic heterocycles. The van der Waals surface area contributed by atoms with Crippen LogP contribution in [0.4, 0.5) is 8.78 Å². The van der Waals surface area contributed by atoms with Crippen LogP contribution in [-0.2, 0) is 4.74 Å². The van der Waals surface area contributed by atoms with E-state index in [-0.39, 0.29) is 5.56 Å². The minimum atomic E-state index is -2.94. The van der Waals surface area contributed by atoms with Gasteiger partial charge in [-0.1, -0.05) is 6.07 Å². The molecule has 4 nitrogen and oxygen atoms in total. The van der Waals surface area contributed by atoms with Gasteiger partial charge in [-0.25, -0.2) is 13.6 Å². The van der Waals surface area contributed by atoms with Crippen LogP contribution in [0.2, 0.25) is 0 Å². The molecule has 84 valence electrons. The highest BCUT2D eigenvalue weighted by Crippen LogP contribution is 2.32. The smallest absolute Gasteiger partial charge is 0.342 e. The number of nitrogens with zero attached hydrogens (tertiary/aromatic N) is 1. The number of phenols is 1. The minimum Gasteiger partial charge on any atom is -0.506 e. The molecule has 0 heterocycles. The van der Waals surface area contributed by atoms with Crippen molar-refractivity contribution in [3.8, 4) is 11.8 Å². The molecule has 0 atom stereocenters. The number of methoxy groups -OCH3 is 1. The number of phenolic OH excluding ortho intramolecular Hbond substituents is 1. The molecule has 0 aromatic heterocycles. The molecule has 6 heteroatoms. The topological polar surface area (TPSA) is 70.3 Å². The molecule has 0 saturated carbocycles. The van der Waals surface area contributed by atoms with Gasteiger partial charge < -0.3 is 9.84 Å². The van der Waals surface area contributed by atoms with Crippen LogP contribution in [0.5, 0.6) is 5.75 Å². The molecule has 0 aliphatic carbocycles. The number of carbonyl (C=O) groups excluding carboxylic acids is 1. The number of esters is 1. The summed E-state index contributed by atoms with van der Waals surface area (Å²) in [6.45, 7) is 0. The number of hydrogen-bond acceptors (Lipinski definition) is 4. The van der Waals surface area contributed by atoms with Crippen molar-refractivity contribution in [3.05, 3.63) is 28.8 Å². The molecule has 0 amide bonds. The fraction of sp³-hybridized carbons (Fsp3) is 0.200. The van der Waals surface area contributed by atoms with Crippen LogP contribution in [0.15, 0.2) is 12.1 Å². The number of halogens is 2. The summed E-state index contributed by atoms with van der Waals surface area (Å²) in [6, 6.07) is 3.51. The molecular weight excluding hydrogens is 220 g/mol. The van der Waals surface area contributed by atoms with Gasteiger partial charge in [0.25, 0.3) is 6.43 Å². The van der Waals surface area contributed by atoms with Gasteiger partial charge in [-0.2, -0.15) is 5.26 Å². The fourth-order valence-electron chi connectivity index (χ4n) is 1.20. The highest BCUT2D eigenvalue weighted by molar-refractivity contribution is 5.95. The maximum atomic E-state index is 12.5. The van der Waals surface area contributed by atoms with Gasteiger partial charge in [-0.3, -0.25) is 0 Å². The van der Waals surface area contributed by atoms with Crippen molar-refractivity contribution in [2.45, 2.75) is 6.43 Å². The van der Waals surface area contributed by atoms with Crippen molar-refractivity contribution in [2.24, 2.45) is 0 Å². The number of aromatic hydroxyl groups is 1. The molecule has 0 fully saturated rings. The van der Waals surface area contributed by atoms with E-state index in [0.29, 0.717) is 0 Å². The molecule has 0 saturated heterocycles. The van der Waals surface area contributed by atoms with E-state index in [1.807, 2.05) is 0 Å². The Balaban J connectivity index is 3.50. The first-order valence-electron chi connectivity index (χ1n) is 4.15. The molecule has 0 spiro atoms. The van der Waals surface area contributed by atoms with E-state index < -0.39 is 29.3 Å². The third-order valence-electron chi connectivity index (χ3n) is 1.96. The highest BCUT2D eigenvalue weighted by atomic mass is 19.3. The highest BCUT2D eigenvalue weighted by Gasteiger charge is 2.24. The Labute approximate surface area is 89.7 Å². The lowest BCUT2D eigenvalue weighted by molar-refractivity contribution is 0.0585. The van der Waals surface area contributed by atoms with Crippen LogP contribution in [0.25, 0.3) is 0 Å². The van der Waals surface area contributed by atoms with Crippen molar-refractivity contribution in [2.75, 3.05) is 7.11 Å². The molecule has 1 aromatic carbocycles. The summed E-state index contributed by atoms with van der Waals surface area (Å²) >= 11 is 0. The number of nitriles is 1. The molecule has 0 aliphatic rings. The van der Waals surface area contributed by atoms with Crippen LogP contribution in [0.1, 0.15) is 27.9 Å². The lowest BCUT2D eigenvalue weighted by atomic mass is 10.0. The second kappa shape index (κ2) is 4.57. The fourth-order valence-corrected chi connectivity index (χ4v) is 1.20. The zero-order chi connectivity index (χ0) is 12.3. The zero-order valence-corrected chi connectivity index (χ0v) is 8.20. The number of alkyl halides is 2. The van der Waals surface area contributed by atoms with Crippen molar-refractivity contribution in [1.29, 1.82) is 5.26 Å². The van der Waals surface area contributed by atoms with E-state index in [4.69, 9.17) is 5.26 Å². The summed E-state index contributed by atoms with van der Waals surface area (Å²) in [6.07, 6.45) is -2.94. The van der Waals surface area contributed by atoms with E-state index in [0.717, 1.165) is 19.2 Å². The molecule has 1 N–H and O–H groups in total. The molecule has 0 unspecified atom stereocenters. The van der Waals surface area contributed by atoms with Crippen molar-refractivity contribution in [3.63, 3.8) is 0 Å². The Morgan fingerprint density at radius 3 is 2.62 bits per heavy atom. The summed E-state index contributed by atoms with van der Waals surface area (Å²) in [4.78, 5) is 11.2. The predicted octanol–water partition coefficient (Wildman–Crippen LogP) is 1.99. The van der Waals surface area contributed by atoms with Crippen LogP contribution in [-0.4, -0.2) is 18.2 Å². The molecule has 0 radical (unpaired) electrons. The molecular formula is C10H7F2NO3. The maximum Gasteiger partial charge on any atom is 0.342 e. The Hall–Kier alpha value is -2.16. The first kappa shape index (κ1) is 11.9. The lowest BCUT2D eigenvalue weighted by Crippen LogP contribution is -2.07. The van der Waals surface area contributed by atoms with Crippen LogP contribution < -0.4 is 0 Å². The number of hydrogen-bond donors (Lipinski definition) is 1. The van der Waals surface area contributed by atoms with E-state index >= 15 is 0 Å². The normalized spacial score (nSPS) is 9.94. The van der Waals surface area contributed by atoms with E-state index in [1.165, 1.54) is 0 Å². The first-order chi connectivity index (χ1) is 7.52. The van der Waals surface area contributed by atoms with Gasteiger partial charge in [0.2, 0.25) is 0 Å². The second-order valence-corrected chi connectivity index (χ2v) is 2.83. The van der Waals surface area contributed by atoms with Crippen LogP contribution in [0.3, 0.4) is 0 Å². The molecule has 0 bridgehead atoms. The third kappa shape index (κ3) is 1.93. The molecule has 1 rings (SSSR count). The Kier molecular flexibility index (Phi) is 3.40. The SMILES string of the molecule is COC(=O)c1c(C(F)F)ccc(C#N)c1O. The average molecular weight is 227 g/mol. The van der Waals surface area contributed by atoms with Crippen LogP contribution in [0, 0.1) is 11.3 Å². The van der Waals surface area contributed by atoms with Crippen molar-refractivity contribution in [1.82, 2.24) is 0 Å². The van der Waals surface area contributed by atoms with E-state index in [9.17, 15) is 18.7 Å².